The largest absolute Gasteiger partial charge is 0.369 e. The number of hydrogen-bond acceptors (Lipinski definition) is 2. The van der Waals surface area contributed by atoms with Crippen molar-refractivity contribution < 1.29 is 9.18 Å². The lowest BCUT2D eigenvalue weighted by Gasteiger charge is -2.27. The summed E-state index contributed by atoms with van der Waals surface area (Å²) < 4.78 is 14.0. The fraction of sp³-hybridized carbons (Fsp3) is 0.533. The first-order valence-corrected chi connectivity index (χ1v) is 6.74. The molecule has 18 heavy (non-hydrogen) atoms. The summed E-state index contributed by atoms with van der Waals surface area (Å²) in [4.78, 5) is 13.3. The number of benzene rings is 1. The van der Waals surface area contributed by atoms with Crippen molar-refractivity contribution in [3.05, 3.63) is 29.6 Å². The van der Waals surface area contributed by atoms with Gasteiger partial charge in [0.25, 0.3) is 0 Å². The fourth-order valence-electron chi connectivity index (χ4n) is 2.47. The van der Waals surface area contributed by atoms with Crippen LogP contribution in [0.4, 0.5) is 10.1 Å². The van der Waals surface area contributed by atoms with Gasteiger partial charge in [-0.2, -0.15) is 0 Å². The monoisotopic (exact) mass is 249 g/mol. The van der Waals surface area contributed by atoms with Gasteiger partial charge in [-0.1, -0.05) is 19.3 Å². The first-order chi connectivity index (χ1) is 8.68. The van der Waals surface area contributed by atoms with Crippen LogP contribution in [0.2, 0.25) is 0 Å². The van der Waals surface area contributed by atoms with Gasteiger partial charge in [0.1, 0.15) is 5.82 Å². The van der Waals surface area contributed by atoms with Gasteiger partial charge >= 0.3 is 0 Å². The molecule has 0 atom stereocenters. The second-order valence-electron chi connectivity index (χ2n) is 4.98. The van der Waals surface area contributed by atoms with Crippen molar-refractivity contribution in [1.82, 2.24) is 0 Å². The van der Waals surface area contributed by atoms with E-state index < -0.39 is 0 Å². The Morgan fingerprint density at radius 3 is 2.28 bits per heavy atom. The molecular weight excluding hydrogens is 229 g/mol. The molecular formula is C15H20FNO. The lowest BCUT2D eigenvalue weighted by Crippen LogP contribution is -2.27. The van der Waals surface area contributed by atoms with Gasteiger partial charge in [-0.05, 0) is 38.0 Å². The number of rotatable bonds is 2. The minimum atomic E-state index is -0.275. The molecule has 0 bridgehead atoms. The van der Waals surface area contributed by atoms with Crippen LogP contribution in [-0.4, -0.2) is 18.9 Å². The quantitative estimate of drug-likeness (QED) is 0.743. The smallest absolute Gasteiger partial charge is 0.159 e. The van der Waals surface area contributed by atoms with Gasteiger partial charge in [0.05, 0.1) is 5.69 Å². The summed E-state index contributed by atoms with van der Waals surface area (Å²) in [7, 11) is 0. The number of halogens is 1. The van der Waals surface area contributed by atoms with Crippen molar-refractivity contribution in [2.24, 2.45) is 0 Å². The Kier molecular flexibility index (Phi) is 4.34. The highest BCUT2D eigenvalue weighted by molar-refractivity contribution is 5.94. The Morgan fingerprint density at radius 1 is 1.11 bits per heavy atom. The molecule has 0 N–H and O–H groups in total. The van der Waals surface area contributed by atoms with Gasteiger partial charge in [-0.15, -0.1) is 0 Å². The van der Waals surface area contributed by atoms with Gasteiger partial charge in [0, 0.05) is 18.7 Å². The van der Waals surface area contributed by atoms with E-state index in [1.807, 2.05) is 0 Å². The predicted octanol–water partition coefficient (Wildman–Crippen LogP) is 3.80. The third kappa shape index (κ3) is 3.09. The summed E-state index contributed by atoms with van der Waals surface area (Å²) in [6, 6.07) is 4.82. The van der Waals surface area contributed by atoms with Gasteiger partial charge in [-0.25, -0.2) is 4.39 Å². The van der Waals surface area contributed by atoms with E-state index in [-0.39, 0.29) is 11.6 Å². The number of Topliss-reactive ketones (excluding diaryl/α,β-unsaturated/α-hetero) is 1. The molecule has 2 nitrogen and oxygen atoms in total. The molecule has 2 rings (SSSR count). The lowest BCUT2D eigenvalue weighted by molar-refractivity contribution is 0.101. The maximum atomic E-state index is 14.0. The Morgan fingerprint density at radius 2 is 1.72 bits per heavy atom. The van der Waals surface area contributed by atoms with Crippen LogP contribution in [0.1, 0.15) is 49.4 Å². The van der Waals surface area contributed by atoms with Crippen LogP contribution in [-0.2, 0) is 0 Å². The van der Waals surface area contributed by atoms with E-state index in [0.29, 0.717) is 11.3 Å². The highest BCUT2D eigenvalue weighted by Gasteiger charge is 2.14. The molecule has 0 saturated carbocycles. The Labute approximate surface area is 108 Å². The van der Waals surface area contributed by atoms with Crippen LogP contribution in [0.5, 0.6) is 0 Å². The molecule has 1 aromatic carbocycles. The van der Waals surface area contributed by atoms with Crippen LogP contribution in [0.3, 0.4) is 0 Å². The molecule has 1 aliphatic rings. The molecule has 1 aromatic rings. The Balaban J connectivity index is 2.18. The number of ketones is 1. The van der Waals surface area contributed by atoms with E-state index in [1.54, 1.807) is 12.1 Å². The van der Waals surface area contributed by atoms with Crippen molar-refractivity contribution in [1.29, 1.82) is 0 Å². The third-order valence-electron chi connectivity index (χ3n) is 3.55. The highest BCUT2D eigenvalue weighted by atomic mass is 19.1. The minimum absolute atomic E-state index is 0.0897. The average Bonchev–Trinajstić information content (AvgIpc) is 2.29. The molecule has 3 heteroatoms. The second-order valence-corrected chi connectivity index (χ2v) is 4.98. The van der Waals surface area contributed by atoms with Crippen molar-refractivity contribution in [3.8, 4) is 0 Å². The maximum absolute atomic E-state index is 14.0. The van der Waals surface area contributed by atoms with Crippen LogP contribution in [0.25, 0.3) is 0 Å². The summed E-state index contributed by atoms with van der Waals surface area (Å²) in [5, 5.41) is 0. The molecule has 0 aliphatic carbocycles. The summed E-state index contributed by atoms with van der Waals surface area (Å²) in [5.41, 5.74) is 1.09. The topological polar surface area (TPSA) is 20.3 Å². The summed E-state index contributed by atoms with van der Waals surface area (Å²) >= 11 is 0. The van der Waals surface area contributed by atoms with Crippen molar-refractivity contribution >= 4 is 11.5 Å². The van der Waals surface area contributed by atoms with Crippen molar-refractivity contribution in [3.63, 3.8) is 0 Å². The number of carbonyl (C=O) groups is 1. The van der Waals surface area contributed by atoms with Crippen LogP contribution in [0.15, 0.2) is 18.2 Å². The number of hydrogen-bond donors (Lipinski definition) is 0. The zero-order valence-electron chi connectivity index (χ0n) is 10.9. The molecule has 0 aromatic heterocycles. The Bertz CT molecular complexity index is 423. The molecule has 1 fully saturated rings. The first-order valence-electron chi connectivity index (χ1n) is 6.74. The van der Waals surface area contributed by atoms with Crippen LogP contribution < -0.4 is 4.90 Å². The van der Waals surface area contributed by atoms with Crippen LogP contribution >= 0.6 is 0 Å². The molecule has 1 heterocycles. The lowest BCUT2D eigenvalue weighted by atomic mass is 10.1. The molecule has 0 unspecified atom stereocenters. The normalized spacial score (nSPS) is 17.1. The van der Waals surface area contributed by atoms with E-state index in [9.17, 15) is 9.18 Å². The van der Waals surface area contributed by atoms with Gasteiger partial charge in [-0.3, -0.25) is 4.79 Å². The average molecular weight is 249 g/mol. The molecule has 98 valence electrons. The zero-order valence-corrected chi connectivity index (χ0v) is 10.9. The van der Waals surface area contributed by atoms with E-state index >= 15 is 0 Å². The van der Waals surface area contributed by atoms with E-state index in [1.165, 1.54) is 32.3 Å². The number of nitrogens with zero attached hydrogens (tertiary/aromatic N) is 1. The van der Waals surface area contributed by atoms with Gasteiger partial charge in [0.15, 0.2) is 5.78 Å². The van der Waals surface area contributed by atoms with E-state index in [0.717, 1.165) is 25.9 Å². The van der Waals surface area contributed by atoms with Gasteiger partial charge < -0.3 is 4.90 Å². The first kappa shape index (κ1) is 13.1. The third-order valence-corrected chi connectivity index (χ3v) is 3.55. The highest BCUT2D eigenvalue weighted by Crippen LogP contribution is 2.23. The van der Waals surface area contributed by atoms with E-state index in [2.05, 4.69) is 4.90 Å². The second kappa shape index (κ2) is 5.98. The minimum Gasteiger partial charge on any atom is -0.369 e. The number of anilines is 1. The molecule has 0 amide bonds. The van der Waals surface area contributed by atoms with E-state index in [4.69, 9.17) is 0 Å². The fourth-order valence-corrected chi connectivity index (χ4v) is 2.47. The molecule has 0 spiro atoms. The standard InChI is InChI=1S/C15H20FNO/c1-12(18)13-7-8-15(14(16)11-13)17-9-5-3-2-4-6-10-17/h7-8,11H,2-6,9-10H2,1H3. The summed E-state index contributed by atoms with van der Waals surface area (Å²) in [5.74, 6) is -0.364. The van der Waals surface area contributed by atoms with Gasteiger partial charge in [0.2, 0.25) is 0 Å². The zero-order chi connectivity index (χ0) is 13.0. The predicted molar refractivity (Wildman–Crippen MR) is 71.7 cm³/mol. The SMILES string of the molecule is CC(=O)c1ccc(N2CCCCCCC2)c(F)c1. The summed E-state index contributed by atoms with van der Waals surface area (Å²) in [6.45, 7) is 3.29. The molecule has 0 radical (unpaired) electrons. The van der Waals surface area contributed by atoms with Crippen molar-refractivity contribution in [2.45, 2.75) is 39.0 Å². The summed E-state index contributed by atoms with van der Waals surface area (Å²) in [6.07, 6.45) is 5.98. The van der Waals surface area contributed by atoms with Crippen LogP contribution in [0, 0.1) is 5.82 Å². The maximum Gasteiger partial charge on any atom is 0.159 e. The molecule has 1 saturated heterocycles. The van der Waals surface area contributed by atoms with Crippen molar-refractivity contribution in [2.75, 3.05) is 18.0 Å². The Hall–Kier alpha value is -1.38. The molecule has 1 aliphatic heterocycles. The number of carbonyl (C=O) groups excluding carboxylic acids is 1.